The molecule has 0 atom stereocenters. The molecule has 1 aromatic carbocycles. The highest BCUT2D eigenvalue weighted by molar-refractivity contribution is 7.20. The van der Waals surface area contributed by atoms with Gasteiger partial charge in [-0.1, -0.05) is 0 Å². The van der Waals surface area contributed by atoms with E-state index < -0.39 is 5.91 Å². The second kappa shape index (κ2) is 6.55. The maximum absolute atomic E-state index is 12.1. The molecule has 0 saturated carbocycles. The quantitative estimate of drug-likeness (QED) is 0.507. The molecule has 2 heterocycles. The summed E-state index contributed by atoms with van der Waals surface area (Å²) in [6.45, 7) is 0. The highest BCUT2D eigenvalue weighted by Gasteiger charge is 2.10. The Morgan fingerprint density at radius 3 is 2.65 bits per heavy atom. The molecule has 0 aliphatic heterocycles. The molecular weight excluding hydrogens is 314 g/mol. The number of carbonyl (C=O) groups is 2. The van der Waals surface area contributed by atoms with Crippen LogP contribution >= 0.6 is 11.3 Å². The maximum Gasteiger partial charge on any atom is 0.284 e. The fraction of sp³-hybridized carbons (Fsp3) is 0.0625. The van der Waals surface area contributed by atoms with E-state index in [9.17, 15) is 9.59 Å². The van der Waals surface area contributed by atoms with Crippen molar-refractivity contribution in [1.82, 2.24) is 10.5 Å². The number of aromatic nitrogens is 1. The second-order valence-electron chi connectivity index (χ2n) is 4.88. The third-order valence-corrected chi connectivity index (χ3v) is 4.35. The van der Waals surface area contributed by atoms with Gasteiger partial charge >= 0.3 is 0 Å². The Balaban J connectivity index is 1.75. The van der Waals surface area contributed by atoms with Crippen molar-refractivity contribution >= 4 is 38.9 Å². The molecule has 23 heavy (non-hydrogen) atoms. The van der Waals surface area contributed by atoms with Crippen molar-refractivity contribution in [2.45, 2.75) is 6.42 Å². The third-order valence-electron chi connectivity index (χ3n) is 3.24. The smallest absolute Gasteiger partial charge is 0.284 e. The van der Waals surface area contributed by atoms with E-state index in [0.717, 1.165) is 15.6 Å². The summed E-state index contributed by atoms with van der Waals surface area (Å²) in [6.07, 6.45) is 3.56. The molecule has 7 heteroatoms. The second-order valence-corrected chi connectivity index (χ2v) is 5.97. The zero-order valence-electron chi connectivity index (χ0n) is 11.9. The topological polar surface area (TPSA) is 91.3 Å². The molecular formula is C16H13N3O3S. The van der Waals surface area contributed by atoms with Crippen LogP contribution in [0.5, 0.6) is 0 Å². The largest absolute Gasteiger partial charge is 0.326 e. The van der Waals surface area contributed by atoms with Gasteiger partial charge in [-0.05, 0) is 47.3 Å². The van der Waals surface area contributed by atoms with Crippen molar-refractivity contribution in [2.24, 2.45) is 0 Å². The normalized spacial score (nSPS) is 10.5. The van der Waals surface area contributed by atoms with Gasteiger partial charge in [-0.2, -0.15) is 0 Å². The Morgan fingerprint density at radius 2 is 1.91 bits per heavy atom. The van der Waals surface area contributed by atoms with Crippen molar-refractivity contribution in [3.05, 3.63) is 59.2 Å². The van der Waals surface area contributed by atoms with Gasteiger partial charge in [0, 0.05) is 22.8 Å². The lowest BCUT2D eigenvalue weighted by Crippen LogP contribution is -2.16. The number of hydrogen-bond acceptors (Lipinski definition) is 5. The molecule has 0 unspecified atom stereocenters. The average molecular weight is 327 g/mol. The summed E-state index contributed by atoms with van der Waals surface area (Å²) in [5, 5.41) is 12.3. The molecule has 0 aliphatic rings. The zero-order valence-corrected chi connectivity index (χ0v) is 12.8. The van der Waals surface area contributed by atoms with Crippen LogP contribution in [0.25, 0.3) is 10.1 Å². The number of pyridine rings is 1. The predicted octanol–water partition coefficient (Wildman–Crippen LogP) is 2.60. The van der Waals surface area contributed by atoms with Gasteiger partial charge in [-0.3, -0.25) is 19.8 Å². The number of nitrogens with zero attached hydrogens (tertiary/aromatic N) is 1. The number of rotatable bonds is 4. The number of nitrogens with one attached hydrogen (secondary N) is 2. The van der Waals surface area contributed by atoms with E-state index in [2.05, 4.69) is 10.3 Å². The van der Waals surface area contributed by atoms with Gasteiger partial charge in [-0.25, -0.2) is 5.48 Å². The lowest BCUT2D eigenvalue weighted by Gasteiger charge is -2.05. The summed E-state index contributed by atoms with van der Waals surface area (Å²) in [5.74, 6) is -0.673. The summed E-state index contributed by atoms with van der Waals surface area (Å²) in [7, 11) is 0. The van der Waals surface area contributed by atoms with Crippen molar-refractivity contribution in [1.29, 1.82) is 0 Å². The highest BCUT2D eigenvalue weighted by atomic mass is 32.1. The number of hydroxylamine groups is 1. The number of carbonyl (C=O) groups excluding carboxylic acids is 2. The van der Waals surface area contributed by atoms with E-state index in [4.69, 9.17) is 5.21 Å². The molecule has 0 aliphatic carbocycles. The van der Waals surface area contributed by atoms with Gasteiger partial charge in [0.15, 0.2) is 0 Å². The number of hydrogen-bond donors (Lipinski definition) is 3. The van der Waals surface area contributed by atoms with Crippen LogP contribution in [-0.4, -0.2) is 22.0 Å². The number of amides is 2. The van der Waals surface area contributed by atoms with Crippen LogP contribution in [0.3, 0.4) is 0 Å². The number of fused-ring (bicyclic) bond motifs is 1. The summed E-state index contributed by atoms with van der Waals surface area (Å²) in [5.41, 5.74) is 3.16. The minimum Gasteiger partial charge on any atom is -0.326 e. The van der Waals surface area contributed by atoms with Crippen molar-refractivity contribution in [3.63, 3.8) is 0 Å². The number of benzene rings is 1. The van der Waals surface area contributed by atoms with Crippen LogP contribution in [0.4, 0.5) is 5.69 Å². The first-order chi connectivity index (χ1) is 11.2. The van der Waals surface area contributed by atoms with Crippen molar-refractivity contribution in [3.8, 4) is 0 Å². The van der Waals surface area contributed by atoms with Gasteiger partial charge in [0.1, 0.15) is 0 Å². The molecule has 0 bridgehead atoms. The lowest BCUT2D eigenvalue weighted by molar-refractivity contribution is -0.115. The van der Waals surface area contributed by atoms with Crippen molar-refractivity contribution < 1.29 is 14.8 Å². The first-order valence-corrected chi connectivity index (χ1v) is 7.64. The summed E-state index contributed by atoms with van der Waals surface area (Å²) >= 11 is 1.27. The van der Waals surface area contributed by atoms with E-state index >= 15 is 0 Å². The zero-order chi connectivity index (χ0) is 16.2. The van der Waals surface area contributed by atoms with Crippen molar-refractivity contribution in [2.75, 3.05) is 5.32 Å². The summed E-state index contributed by atoms with van der Waals surface area (Å²) in [6, 6.07) is 10.7. The number of anilines is 1. The molecule has 2 aromatic heterocycles. The minimum atomic E-state index is -0.547. The molecule has 3 N–H and O–H groups in total. The lowest BCUT2D eigenvalue weighted by atomic mass is 10.2. The molecule has 0 saturated heterocycles. The molecule has 6 nitrogen and oxygen atoms in total. The minimum absolute atomic E-state index is 0.126. The van der Waals surface area contributed by atoms with Crippen LogP contribution < -0.4 is 10.8 Å². The van der Waals surface area contributed by atoms with Crippen LogP contribution in [0, 0.1) is 0 Å². The van der Waals surface area contributed by atoms with E-state index in [1.165, 1.54) is 11.3 Å². The molecule has 116 valence electrons. The fourth-order valence-corrected chi connectivity index (χ4v) is 3.11. The fourth-order valence-electron chi connectivity index (χ4n) is 2.18. The standard InChI is InChI=1S/C16H13N3O3S/c20-15(7-10-3-5-17-6-4-10)18-12-1-2-13-11(8-12)9-14(23-13)16(21)19-22/h1-6,8-9,22H,7H2,(H,18,20)(H,19,21). The van der Waals surface area contributed by atoms with Gasteiger partial charge in [-0.15, -0.1) is 11.3 Å². The van der Waals surface area contributed by atoms with Crippen LogP contribution in [0.15, 0.2) is 48.8 Å². The summed E-state index contributed by atoms with van der Waals surface area (Å²) < 4.78 is 0.899. The first-order valence-electron chi connectivity index (χ1n) is 6.82. The van der Waals surface area contributed by atoms with E-state index in [1.54, 1.807) is 48.2 Å². The van der Waals surface area contributed by atoms with Gasteiger partial charge in [0.25, 0.3) is 5.91 Å². The maximum atomic E-state index is 12.1. The molecule has 2 amide bonds. The molecule has 0 spiro atoms. The van der Waals surface area contributed by atoms with Gasteiger partial charge in [0.05, 0.1) is 11.3 Å². The summed E-state index contributed by atoms with van der Waals surface area (Å²) in [4.78, 5) is 27.8. The van der Waals surface area contributed by atoms with Crippen LogP contribution in [0.2, 0.25) is 0 Å². The first kappa shape index (κ1) is 15.1. The van der Waals surface area contributed by atoms with E-state index in [0.29, 0.717) is 10.6 Å². The van der Waals surface area contributed by atoms with Crippen LogP contribution in [0.1, 0.15) is 15.2 Å². The third kappa shape index (κ3) is 3.53. The molecule has 3 rings (SSSR count). The SMILES string of the molecule is O=C(Cc1ccncc1)Nc1ccc2sc(C(=O)NO)cc2c1. The van der Waals surface area contributed by atoms with Gasteiger partial charge in [0.2, 0.25) is 5.91 Å². The molecule has 3 aromatic rings. The Labute approximate surface area is 135 Å². The van der Waals surface area contributed by atoms with E-state index in [-0.39, 0.29) is 12.3 Å². The Hall–Kier alpha value is -2.77. The average Bonchev–Trinajstić information content (AvgIpc) is 2.98. The monoisotopic (exact) mass is 327 g/mol. The Kier molecular flexibility index (Phi) is 4.31. The Morgan fingerprint density at radius 1 is 1.13 bits per heavy atom. The Bertz CT molecular complexity index is 861. The number of thiophene rings is 1. The predicted molar refractivity (Wildman–Crippen MR) is 87.6 cm³/mol. The van der Waals surface area contributed by atoms with Crippen LogP contribution in [-0.2, 0) is 11.2 Å². The molecule has 0 radical (unpaired) electrons. The highest BCUT2D eigenvalue weighted by Crippen LogP contribution is 2.28. The van der Waals surface area contributed by atoms with E-state index in [1.807, 2.05) is 6.07 Å². The van der Waals surface area contributed by atoms with Gasteiger partial charge < -0.3 is 5.32 Å². The molecule has 0 fully saturated rings.